The summed E-state index contributed by atoms with van der Waals surface area (Å²) in [5, 5.41) is 0. The van der Waals surface area contributed by atoms with E-state index in [0.717, 1.165) is 17.8 Å². The van der Waals surface area contributed by atoms with Gasteiger partial charge in [0.15, 0.2) is 0 Å². The summed E-state index contributed by atoms with van der Waals surface area (Å²) >= 11 is 0. The van der Waals surface area contributed by atoms with Gasteiger partial charge in [0.25, 0.3) is 0 Å². The number of rotatable bonds is 3. The predicted molar refractivity (Wildman–Crippen MR) is 60.0 cm³/mol. The Kier molecular flexibility index (Phi) is 3.50. The van der Waals surface area contributed by atoms with Crippen molar-refractivity contribution in [3.8, 4) is 5.75 Å². The minimum absolute atomic E-state index is 0.105. The van der Waals surface area contributed by atoms with Gasteiger partial charge in [0.2, 0.25) is 0 Å². The van der Waals surface area contributed by atoms with Gasteiger partial charge in [-0.25, -0.2) is 0 Å². The average molecular weight is 253 g/mol. The molecule has 1 aromatic carbocycles. The third-order valence-corrected chi connectivity index (χ3v) is 2.29. The summed E-state index contributed by atoms with van der Waals surface area (Å²) in [4.78, 5) is 3.52. The van der Waals surface area contributed by atoms with Gasteiger partial charge in [0, 0.05) is 6.20 Å². The molecule has 0 bridgehead atoms. The van der Waals surface area contributed by atoms with Crippen molar-refractivity contribution in [1.82, 2.24) is 4.98 Å². The molecule has 18 heavy (non-hydrogen) atoms. The van der Waals surface area contributed by atoms with Crippen molar-refractivity contribution in [2.75, 3.05) is 0 Å². The zero-order chi connectivity index (χ0) is 13.0. The lowest BCUT2D eigenvalue weighted by molar-refractivity contribution is -0.137. The Bertz CT molecular complexity index is 511. The van der Waals surface area contributed by atoms with Crippen molar-refractivity contribution in [3.63, 3.8) is 0 Å². The number of benzene rings is 1. The Morgan fingerprint density at radius 3 is 2.44 bits per heavy atom. The van der Waals surface area contributed by atoms with Crippen LogP contribution in [0.3, 0.4) is 0 Å². The van der Waals surface area contributed by atoms with Crippen molar-refractivity contribution < 1.29 is 17.9 Å². The van der Waals surface area contributed by atoms with Crippen molar-refractivity contribution in [2.45, 2.75) is 12.8 Å². The number of hydrogen-bond acceptors (Lipinski definition) is 2. The highest BCUT2D eigenvalue weighted by atomic mass is 19.4. The third kappa shape index (κ3) is 3.23. The average Bonchev–Trinajstić information content (AvgIpc) is 2.37. The number of pyridine rings is 1. The van der Waals surface area contributed by atoms with Crippen molar-refractivity contribution in [2.24, 2.45) is 0 Å². The van der Waals surface area contributed by atoms with Crippen LogP contribution in [0.2, 0.25) is 0 Å². The first-order valence-corrected chi connectivity index (χ1v) is 5.25. The van der Waals surface area contributed by atoms with Gasteiger partial charge >= 0.3 is 6.18 Å². The van der Waals surface area contributed by atoms with Gasteiger partial charge in [0.1, 0.15) is 12.4 Å². The summed E-state index contributed by atoms with van der Waals surface area (Å²) in [6, 6.07) is 10.1. The Balaban J connectivity index is 2.06. The number of nitrogens with zero attached hydrogens (tertiary/aromatic N) is 1. The van der Waals surface area contributed by atoms with Crippen LogP contribution in [0.5, 0.6) is 5.75 Å². The highest BCUT2D eigenvalue weighted by molar-refractivity contribution is 5.26. The SMILES string of the molecule is FC(F)(F)c1cncc(OCc2ccccc2)c1. The fraction of sp³-hybridized carbons (Fsp3) is 0.154. The maximum absolute atomic E-state index is 12.4. The summed E-state index contributed by atoms with van der Waals surface area (Å²) in [7, 11) is 0. The van der Waals surface area contributed by atoms with E-state index in [1.807, 2.05) is 30.3 Å². The number of ether oxygens (including phenoxy) is 1. The van der Waals surface area contributed by atoms with E-state index in [1.54, 1.807) is 0 Å². The van der Waals surface area contributed by atoms with Crippen LogP contribution < -0.4 is 4.74 Å². The van der Waals surface area contributed by atoms with E-state index < -0.39 is 11.7 Å². The van der Waals surface area contributed by atoms with E-state index in [4.69, 9.17) is 4.74 Å². The zero-order valence-corrected chi connectivity index (χ0v) is 9.32. The molecule has 2 nitrogen and oxygen atoms in total. The minimum Gasteiger partial charge on any atom is -0.487 e. The normalized spacial score (nSPS) is 11.3. The maximum Gasteiger partial charge on any atom is 0.418 e. The van der Waals surface area contributed by atoms with Crippen LogP contribution in [0.25, 0.3) is 0 Å². The van der Waals surface area contributed by atoms with Gasteiger partial charge in [-0.1, -0.05) is 30.3 Å². The molecule has 0 amide bonds. The van der Waals surface area contributed by atoms with Crippen molar-refractivity contribution in [1.29, 1.82) is 0 Å². The number of alkyl halides is 3. The zero-order valence-electron chi connectivity index (χ0n) is 9.32. The Labute approximate surface area is 102 Å². The first-order chi connectivity index (χ1) is 8.55. The van der Waals surface area contributed by atoms with E-state index in [0.29, 0.717) is 0 Å². The lowest BCUT2D eigenvalue weighted by Crippen LogP contribution is -2.06. The van der Waals surface area contributed by atoms with Crippen LogP contribution in [0, 0.1) is 0 Å². The molecular formula is C13H10F3NO. The topological polar surface area (TPSA) is 22.1 Å². The Morgan fingerprint density at radius 1 is 1.06 bits per heavy atom. The number of halogens is 3. The fourth-order valence-corrected chi connectivity index (χ4v) is 1.39. The van der Waals surface area contributed by atoms with Gasteiger partial charge in [-0.3, -0.25) is 4.98 Å². The smallest absolute Gasteiger partial charge is 0.418 e. The molecule has 0 aliphatic carbocycles. The summed E-state index contributed by atoms with van der Waals surface area (Å²) in [6.45, 7) is 0.212. The summed E-state index contributed by atoms with van der Waals surface area (Å²) in [5.74, 6) is 0.105. The molecule has 0 saturated carbocycles. The maximum atomic E-state index is 12.4. The number of hydrogen-bond donors (Lipinski definition) is 0. The molecule has 0 radical (unpaired) electrons. The molecule has 94 valence electrons. The minimum atomic E-state index is -4.40. The third-order valence-electron chi connectivity index (χ3n) is 2.29. The number of aromatic nitrogens is 1. The van der Waals surface area contributed by atoms with Crippen LogP contribution >= 0.6 is 0 Å². The molecule has 0 N–H and O–H groups in total. The molecule has 5 heteroatoms. The molecule has 1 heterocycles. The lowest BCUT2D eigenvalue weighted by atomic mass is 10.2. The monoisotopic (exact) mass is 253 g/mol. The van der Waals surface area contributed by atoms with Crippen LogP contribution in [0.15, 0.2) is 48.8 Å². The quantitative estimate of drug-likeness (QED) is 0.832. The Hall–Kier alpha value is -2.04. The molecule has 0 saturated heterocycles. The van der Waals surface area contributed by atoms with Crippen LogP contribution in [0.4, 0.5) is 13.2 Å². The first-order valence-electron chi connectivity index (χ1n) is 5.25. The van der Waals surface area contributed by atoms with Crippen LogP contribution in [0.1, 0.15) is 11.1 Å². The van der Waals surface area contributed by atoms with E-state index in [-0.39, 0.29) is 12.4 Å². The van der Waals surface area contributed by atoms with Gasteiger partial charge in [-0.2, -0.15) is 13.2 Å². The summed E-state index contributed by atoms with van der Waals surface area (Å²) in [5.41, 5.74) is 0.0722. The van der Waals surface area contributed by atoms with Crippen LogP contribution in [-0.2, 0) is 12.8 Å². The molecule has 2 aromatic rings. The molecule has 0 aliphatic heterocycles. The molecule has 0 unspecified atom stereocenters. The van der Waals surface area contributed by atoms with Crippen LogP contribution in [-0.4, -0.2) is 4.98 Å². The van der Waals surface area contributed by atoms with E-state index in [1.165, 1.54) is 6.20 Å². The second-order valence-electron chi connectivity index (χ2n) is 3.68. The first kappa shape index (κ1) is 12.4. The summed E-state index contributed by atoms with van der Waals surface area (Å²) < 4.78 is 42.6. The van der Waals surface area contributed by atoms with Crippen molar-refractivity contribution in [3.05, 3.63) is 59.9 Å². The fourth-order valence-electron chi connectivity index (χ4n) is 1.39. The van der Waals surface area contributed by atoms with Gasteiger partial charge in [0.05, 0.1) is 11.8 Å². The highest BCUT2D eigenvalue weighted by Gasteiger charge is 2.31. The second kappa shape index (κ2) is 5.08. The summed E-state index contributed by atoms with van der Waals surface area (Å²) in [6.07, 6.45) is -2.37. The van der Waals surface area contributed by atoms with E-state index >= 15 is 0 Å². The van der Waals surface area contributed by atoms with E-state index in [9.17, 15) is 13.2 Å². The Morgan fingerprint density at radius 2 is 1.78 bits per heavy atom. The van der Waals surface area contributed by atoms with Gasteiger partial charge < -0.3 is 4.74 Å². The molecule has 0 aliphatic rings. The van der Waals surface area contributed by atoms with Gasteiger partial charge in [-0.05, 0) is 11.6 Å². The predicted octanol–water partition coefficient (Wildman–Crippen LogP) is 3.68. The molecule has 2 rings (SSSR count). The standard InChI is InChI=1S/C13H10F3NO/c14-13(15,16)11-6-12(8-17-7-11)18-9-10-4-2-1-3-5-10/h1-8H,9H2. The molecule has 0 spiro atoms. The van der Waals surface area contributed by atoms with Gasteiger partial charge in [-0.15, -0.1) is 0 Å². The second-order valence-corrected chi connectivity index (χ2v) is 3.68. The molecule has 0 atom stereocenters. The highest BCUT2D eigenvalue weighted by Crippen LogP contribution is 2.30. The molecular weight excluding hydrogens is 243 g/mol. The van der Waals surface area contributed by atoms with E-state index in [2.05, 4.69) is 4.98 Å². The molecule has 0 fully saturated rings. The largest absolute Gasteiger partial charge is 0.487 e. The van der Waals surface area contributed by atoms with Crippen molar-refractivity contribution >= 4 is 0 Å². The lowest BCUT2D eigenvalue weighted by Gasteiger charge is -2.09. The molecule has 1 aromatic heterocycles.